The fraction of sp³-hybridized carbons (Fsp3) is 0.545. The van der Waals surface area contributed by atoms with Gasteiger partial charge in [0.2, 0.25) is 0 Å². The van der Waals surface area contributed by atoms with Gasteiger partial charge in [0.15, 0.2) is 0 Å². The van der Waals surface area contributed by atoms with Crippen molar-refractivity contribution in [3.05, 3.63) is 41.6 Å². The number of amides is 1. The van der Waals surface area contributed by atoms with E-state index < -0.39 is 5.60 Å². The monoisotopic (exact) mass is 369 g/mol. The van der Waals surface area contributed by atoms with Crippen LogP contribution < -0.4 is 5.32 Å². The molecular formula is C22H31N3O2. The predicted octanol–water partition coefficient (Wildman–Crippen LogP) is 5.30. The largest absolute Gasteiger partial charge is 0.444 e. The fourth-order valence-electron chi connectivity index (χ4n) is 3.70. The molecule has 0 aromatic heterocycles. The second-order valence-electron chi connectivity index (χ2n) is 8.59. The number of ether oxygens (including phenoxy) is 1. The minimum Gasteiger partial charge on any atom is -0.444 e. The lowest BCUT2D eigenvalue weighted by atomic mass is 9.84. The topological polar surface area (TPSA) is 65.4 Å². The summed E-state index contributed by atoms with van der Waals surface area (Å²) in [6, 6.07) is 8.63. The molecule has 27 heavy (non-hydrogen) atoms. The first-order chi connectivity index (χ1) is 12.8. The zero-order chi connectivity index (χ0) is 19.4. The van der Waals surface area contributed by atoms with E-state index in [0.717, 1.165) is 11.3 Å². The van der Waals surface area contributed by atoms with Crippen molar-refractivity contribution in [2.24, 2.45) is 0 Å². The normalized spacial score (nSPS) is 20.2. The van der Waals surface area contributed by atoms with E-state index in [1.54, 1.807) is 4.90 Å². The van der Waals surface area contributed by atoms with Gasteiger partial charge in [-0.3, -0.25) is 4.90 Å². The number of hydrogen-bond donors (Lipinski definition) is 2. The molecule has 0 atom stereocenters. The summed E-state index contributed by atoms with van der Waals surface area (Å²) in [6.45, 7) is 6.24. The summed E-state index contributed by atoms with van der Waals surface area (Å²) < 4.78 is 5.39. The van der Waals surface area contributed by atoms with E-state index >= 15 is 0 Å². The molecule has 1 saturated heterocycles. The van der Waals surface area contributed by atoms with Crippen LogP contribution in [0.2, 0.25) is 0 Å². The van der Waals surface area contributed by atoms with E-state index in [0.29, 0.717) is 24.7 Å². The van der Waals surface area contributed by atoms with Crippen molar-refractivity contribution in [1.29, 1.82) is 5.41 Å². The molecule has 3 rings (SSSR count). The highest BCUT2D eigenvalue weighted by molar-refractivity contribution is 6.04. The van der Waals surface area contributed by atoms with Crippen molar-refractivity contribution in [3.63, 3.8) is 0 Å². The second kappa shape index (κ2) is 8.15. The van der Waals surface area contributed by atoms with E-state index in [1.807, 2.05) is 27.0 Å². The molecule has 1 heterocycles. The molecule has 2 N–H and O–H groups in total. The minimum absolute atomic E-state index is 0.295. The third-order valence-electron chi connectivity index (χ3n) is 5.15. The number of nitrogens with zero attached hydrogens (tertiary/aromatic N) is 1. The van der Waals surface area contributed by atoms with Crippen molar-refractivity contribution in [2.75, 3.05) is 18.4 Å². The van der Waals surface area contributed by atoms with Gasteiger partial charge in [-0.1, -0.05) is 31.4 Å². The molecule has 1 amide bonds. The lowest BCUT2D eigenvalue weighted by Crippen LogP contribution is -2.35. The first kappa shape index (κ1) is 19.5. The Morgan fingerprint density at radius 2 is 1.81 bits per heavy atom. The maximum atomic E-state index is 12.2. The molecule has 1 aromatic rings. The highest BCUT2D eigenvalue weighted by Crippen LogP contribution is 2.33. The molecule has 1 aromatic carbocycles. The fourth-order valence-corrected chi connectivity index (χ4v) is 3.70. The molecule has 0 unspecified atom stereocenters. The number of anilines is 1. The van der Waals surface area contributed by atoms with Crippen LogP contribution in [0.1, 0.15) is 64.4 Å². The van der Waals surface area contributed by atoms with Crippen LogP contribution in [0.25, 0.3) is 0 Å². The molecule has 1 aliphatic heterocycles. The van der Waals surface area contributed by atoms with Gasteiger partial charge < -0.3 is 15.5 Å². The van der Waals surface area contributed by atoms with E-state index in [-0.39, 0.29) is 6.09 Å². The summed E-state index contributed by atoms with van der Waals surface area (Å²) in [4.78, 5) is 13.7. The van der Waals surface area contributed by atoms with Gasteiger partial charge in [-0.05, 0) is 57.2 Å². The summed E-state index contributed by atoms with van der Waals surface area (Å²) in [5, 5.41) is 11.4. The first-order valence-electron chi connectivity index (χ1n) is 9.93. The Labute approximate surface area is 162 Å². The molecule has 1 saturated carbocycles. The quantitative estimate of drug-likeness (QED) is 0.760. The Balaban J connectivity index is 1.57. The molecule has 5 heteroatoms. The van der Waals surface area contributed by atoms with E-state index in [4.69, 9.17) is 10.1 Å². The van der Waals surface area contributed by atoms with Crippen LogP contribution in [0.4, 0.5) is 10.5 Å². The summed E-state index contributed by atoms with van der Waals surface area (Å²) in [5.74, 6) is 0.705. The number of benzene rings is 1. The van der Waals surface area contributed by atoms with Crippen LogP contribution in [-0.2, 0) is 4.74 Å². The molecule has 0 radical (unpaired) electrons. The van der Waals surface area contributed by atoms with Gasteiger partial charge in [-0.25, -0.2) is 4.79 Å². The number of hydrogen-bond acceptors (Lipinski definition) is 4. The Kier molecular flexibility index (Phi) is 5.88. The molecule has 146 valence electrons. The van der Waals surface area contributed by atoms with Crippen LogP contribution in [0.15, 0.2) is 36.0 Å². The lowest BCUT2D eigenvalue weighted by Gasteiger charge is -2.23. The number of nitrogens with one attached hydrogen (secondary N) is 2. The zero-order valence-corrected chi connectivity index (χ0v) is 16.7. The Morgan fingerprint density at radius 3 is 2.44 bits per heavy atom. The van der Waals surface area contributed by atoms with Crippen LogP contribution in [0.5, 0.6) is 0 Å². The molecule has 1 aliphatic carbocycles. The number of carbonyl (C=O) groups excluding carboxylic acids is 1. The van der Waals surface area contributed by atoms with Crippen LogP contribution in [-0.4, -0.2) is 35.4 Å². The maximum Gasteiger partial charge on any atom is 0.410 e. The molecule has 0 bridgehead atoms. The molecule has 2 aliphatic rings. The summed E-state index contributed by atoms with van der Waals surface area (Å²) >= 11 is 0. The smallest absolute Gasteiger partial charge is 0.410 e. The molecule has 5 nitrogen and oxygen atoms in total. The maximum absolute atomic E-state index is 12.2. The van der Waals surface area contributed by atoms with E-state index in [2.05, 4.69) is 29.6 Å². The third kappa shape index (κ3) is 5.34. The molecule has 2 fully saturated rings. The predicted molar refractivity (Wildman–Crippen MR) is 110 cm³/mol. The van der Waals surface area contributed by atoms with E-state index in [9.17, 15) is 4.79 Å². The standard InChI is InChI=1S/C22H31N3O2/c1-22(2,3)27-21(26)25-14-18(20(23)15-25)13-24-19-11-9-17(10-12-19)16-7-5-4-6-8-16/h9-13,16,23-24H,4-8,14-15H2,1-3H3/b18-13+,23-20?. The van der Waals surface area contributed by atoms with Crippen molar-refractivity contribution < 1.29 is 9.53 Å². The van der Waals surface area contributed by atoms with E-state index in [1.165, 1.54) is 37.7 Å². The first-order valence-corrected chi connectivity index (χ1v) is 9.93. The van der Waals surface area contributed by atoms with Gasteiger partial charge >= 0.3 is 6.09 Å². The zero-order valence-electron chi connectivity index (χ0n) is 16.7. The Morgan fingerprint density at radius 1 is 1.15 bits per heavy atom. The van der Waals surface area contributed by atoms with Gasteiger partial charge in [-0.15, -0.1) is 0 Å². The number of rotatable bonds is 3. The average Bonchev–Trinajstić information content (AvgIpc) is 3.01. The molecule has 0 spiro atoms. The number of carbonyl (C=O) groups is 1. The van der Waals surface area contributed by atoms with Gasteiger partial charge in [0.05, 0.1) is 18.8 Å². The third-order valence-corrected chi connectivity index (χ3v) is 5.15. The van der Waals surface area contributed by atoms with Crippen LogP contribution >= 0.6 is 0 Å². The van der Waals surface area contributed by atoms with Gasteiger partial charge in [-0.2, -0.15) is 0 Å². The highest BCUT2D eigenvalue weighted by atomic mass is 16.6. The van der Waals surface area contributed by atoms with Crippen LogP contribution in [0, 0.1) is 5.41 Å². The molecular weight excluding hydrogens is 338 g/mol. The van der Waals surface area contributed by atoms with Crippen molar-refractivity contribution >= 4 is 17.5 Å². The van der Waals surface area contributed by atoms with Gasteiger partial charge in [0.25, 0.3) is 0 Å². The van der Waals surface area contributed by atoms with Crippen molar-refractivity contribution in [3.8, 4) is 0 Å². The number of likely N-dealkylation sites (tertiary alicyclic amines) is 1. The van der Waals surface area contributed by atoms with Crippen LogP contribution in [0.3, 0.4) is 0 Å². The Hall–Kier alpha value is -2.30. The van der Waals surface area contributed by atoms with Gasteiger partial charge in [0.1, 0.15) is 5.60 Å². The van der Waals surface area contributed by atoms with Gasteiger partial charge in [0, 0.05) is 17.5 Å². The Bertz CT molecular complexity index is 710. The lowest BCUT2D eigenvalue weighted by molar-refractivity contribution is 0.0309. The summed E-state index contributed by atoms with van der Waals surface area (Å²) in [6.07, 6.45) is 8.12. The minimum atomic E-state index is -0.524. The van der Waals surface area contributed by atoms with Crippen molar-refractivity contribution in [1.82, 2.24) is 4.90 Å². The summed E-state index contributed by atoms with van der Waals surface area (Å²) in [5.41, 5.74) is 3.18. The average molecular weight is 370 g/mol. The highest BCUT2D eigenvalue weighted by Gasteiger charge is 2.29. The SMILES string of the molecule is CC(C)(C)OC(=O)N1CC(=N)/C(=C/Nc2ccc(C3CCCCC3)cc2)C1. The second-order valence-corrected chi connectivity index (χ2v) is 8.59. The van der Waals surface area contributed by atoms with Crippen molar-refractivity contribution in [2.45, 2.75) is 64.4 Å². The summed E-state index contributed by atoms with van der Waals surface area (Å²) in [7, 11) is 0.